The molecule has 0 bridgehead atoms. The molecule has 0 atom stereocenters. The zero-order valence-electron chi connectivity index (χ0n) is 19.0. The van der Waals surface area contributed by atoms with Gasteiger partial charge < -0.3 is 10.1 Å². The van der Waals surface area contributed by atoms with Gasteiger partial charge >= 0.3 is 0 Å². The number of carbonyl (C=O) groups excluding carboxylic acids is 1. The Labute approximate surface area is 197 Å². The zero-order chi connectivity index (χ0) is 24.1. The van der Waals surface area contributed by atoms with Gasteiger partial charge in [-0.15, -0.1) is 0 Å². The third-order valence-electron chi connectivity index (χ3n) is 5.24. The highest BCUT2D eigenvalue weighted by Gasteiger charge is 2.19. The Bertz CT molecular complexity index is 1340. The molecule has 0 saturated heterocycles. The molecule has 7 nitrogen and oxygen atoms in total. The number of aromatic nitrogens is 2. The predicted octanol–water partition coefficient (Wildman–Crippen LogP) is 4.96. The maximum Gasteiger partial charge on any atom is 0.251 e. The van der Waals surface area contributed by atoms with Gasteiger partial charge in [-0.3, -0.25) is 9.79 Å². The van der Waals surface area contributed by atoms with E-state index in [1.54, 1.807) is 24.4 Å². The van der Waals surface area contributed by atoms with Crippen LogP contribution in [0.15, 0.2) is 53.7 Å². The Morgan fingerprint density at radius 1 is 1.21 bits per heavy atom. The van der Waals surface area contributed by atoms with Gasteiger partial charge in [-0.25, -0.2) is 14.4 Å². The van der Waals surface area contributed by atoms with Crippen LogP contribution in [0, 0.1) is 17.1 Å². The molecule has 2 aromatic carbocycles. The first-order chi connectivity index (χ1) is 16.4. The molecular weight excluding hydrogens is 433 g/mol. The number of nitriles is 1. The zero-order valence-corrected chi connectivity index (χ0v) is 19.0. The number of nitrogens with zero attached hydrogens (tertiary/aromatic N) is 4. The van der Waals surface area contributed by atoms with Crippen LogP contribution >= 0.6 is 0 Å². The van der Waals surface area contributed by atoms with Crippen LogP contribution in [0.5, 0.6) is 5.88 Å². The molecule has 0 fully saturated rings. The fraction of sp³-hybridized carbons (Fsp3) is 0.269. The number of nitrogens with one attached hydrogen (secondary N) is 1. The molecule has 0 aliphatic carbocycles. The van der Waals surface area contributed by atoms with E-state index < -0.39 is 5.82 Å². The molecular formula is C26H24FN5O2. The fourth-order valence-electron chi connectivity index (χ4n) is 3.60. The second-order valence-corrected chi connectivity index (χ2v) is 8.20. The summed E-state index contributed by atoms with van der Waals surface area (Å²) in [6, 6.07) is 11.0. The SMILES string of the molecule is CC(C)Oc1nc2ccc(C(=O)NCCCC3=NC=CC3)cc2nc1-c1cc(C#N)ccc1F. The number of halogens is 1. The molecule has 0 unspecified atom stereocenters. The molecule has 1 aromatic heterocycles. The quantitative estimate of drug-likeness (QED) is 0.482. The molecule has 1 aliphatic rings. The highest BCUT2D eigenvalue weighted by Crippen LogP contribution is 2.32. The van der Waals surface area contributed by atoms with Crippen LogP contribution in [0.4, 0.5) is 4.39 Å². The van der Waals surface area contributed by atoms with E-state index in [1.165, 1.54) is 18.2 Å². The summed E-state index contributed by atoms with van der Waals surface area (Å²) < 4.78 is 20.5. The third kappa shape index (κ3) is 5.26. The highest BCUT2D eigenvalue weighted by atomic mass is 19.1. The maximum absolute atomic E-state index is 14.7. The molecule has 0 spiro atoms. The van der Waals surface area contributed by atoms with E-state index in [4.69, 9.17) is 4.74 Å². The van der Waals surface area contributed by atoms with Crippen LogP contribution in [0.3, 0.4) is 0 Å². The van der Waals surface area contributed by atoms with Crippen molar-refractivity contribution >= 4 is 22.7 Å². The predicted molar refractivity (Wildman–Crippen MR) is 128 cm³/mol. The molecule has 0 saturated carbocycles. The van der Waals surface area contributed by atoms with E-state index in [-0.39, 0.29) is 29.1 Å². The number of aliphatic imine (C=N–C) groups is 1. The lowest BCUT2D eigenvalue weighted by Gasteiger charge is -2.14. The van der Waals surface area contributed by atoms with E-state index in [2.05, 4.69) is 20.3 Å². The van der Waals surface area contributed by atoms with Crippen molar-refractivity contribution in [2.24, 2.45) is 4.99 Å². The standard InChI is InChI=1S/C26H24FN5O2/c1-16(2)34-26-24(20-13-17(15-28)7-9-21(20)27)31-23-14-18(8-10-22(23)32-26)25(33)30-12-4-6-19-5-3-11-29-19/h3,7-11,13-14,16H,4-6,12H2,1-2H3,(H,30,33). The monoisotopic (exact) mass is 457 g/mol. The van der Waals surface area contributed by atoms with Gasteiger partial charge in [-0.05, 0) is 63.1 Å². The third-order valence-corrected chi connectivity index (χ3v) is 5.24. The van der Waals surface area contributed by atoms with Crippen LogP contribution in [-0.4, -0.2) is 34.2 Å². The lowest BCUT2D eigenvalue weighted by atomic mass is 10.1. The van der Waals surface area contributed by atoms with Crippen molar-refractivity contribution in [3.63, 3.8) is 0 Å². The molecule has 0 radical (unpaired) electrons. The van der Waals surface area contributed by atoms with Crippen molar-refractivity contribution in [2.45, 2.75) is 39.2 Å². The summed E-state index contributed by atoms with van der Waals surface area (Å²) in [5.41, 5.74) is 3.07. The smallest absolute Gasteiger partial charge is 0.251 e. The number of hydrogen-bond donors (Lipinski definition) is 1. The lowest BCUT2D eigenvalue weighted by molar-refractivity contribution is 0.0953. The van der Waals surface area contributed by atoms with E-state index >= 15 is 0 Å². The summed E-state index contributed by atoms with van der Waals surface area (Å²) in [7, 11) is 0. The molecule has 4 rings (SSSR count). The van der Waals surface area contributed by atoms with Gasteiger partial charge in [0.1, 0.15) is 11.5 Å². The number of benzene rings is 2. The first kappa shape index (κ1) is 23.1. The van der Waals surface area contributed by atoms with Crippen LogP contribution in [-0.2, 0) is 0 Å². The van der Waals surface area contributed by atoms with Gasteiger partial charge in [0.05, 0.1) is 28.8 Å². The summed E-state index contributed by atoms with van der Waals surface area (Å²) in [4.78, 5) is 26.1. The minimum absolute atomic E-state index is 0.114. The number of allylic oxidation sites excluding steroid dienone is 1. The first-order valence-electron chi connectivity index (χ1n) is 11.1. The second-order valence-electron chi connectivity index (χ2n) is 8.20. The molecule has 1 N–H and O–H groups in total. The van der Waals surface area contributed by atoms with Crippen LogP contribution in [0.25, 0.3) is 22.3 Å². The van der Waals surface area contributed by atoms with Crippen LogP contribution in [0.2, 0.25) is 0 Å². The normalized spacial score (nSPS) is 12.6. The summed E-state index contributed by atoms with van der Waals surface area (Å²) in [6.07, 6.45) is 6.11. The van der Waals surface area contributed by atoms with Crippen LogP contribution < -0.4 is 10.1 Å². The topological polar surface area (TPSA) is 100 Å². The van der Waals surface area contributed by atoms with E-state index in [0.717, 1.165) is 25.0 Å². The Balaban J connectivity index is 1.61. The minimum Gasteiger partial charge on any atom is -0.473 e. The first-order valence-corrected chi connectivity index (χ1v) is 11.1. The number of ether oxygens (including phenoxy) is 1. The van der Waals surface area contributed by atoms with Gasteiger partial charge in [-0.2, -0.15) is 5.26 Å². The van der Waals surface area contributed by atoms with Crippen molar-refractivity contribution in [3.05, 3.63) is 65.6 Å². The number of hydrogen-bond acceptors (Lipinski definition) is 6. The van der Waals surface area contributed by atoms with Crippen LogP contribution in [0.1, 0.15) is 49.0 Å². The number of amides is 1. The molecule has 8 heteroatoms. The van der Waals surface area contributed by atoms with Gasteiger partial charge in [0, 0.05) is 36.0 Å². The maximum atomic E-state index is 14.7. The van der Waals surface area contributed by atoms with Gasteiger partial charge in [0.15, 0.2) is 0 Å². The molecule has 3 aromatic rings. The molecule has 172 valence electrons. The van der Waals surface area contributed by atoms with E-state index in [0.29, 0.717) is 28.7 Å². The summed E-state index contributed by atoms with van der Waals surface area (Å²) in [5, 5.41) is 12.2. The van der Waals surface area contributed by atoms with Crippen molar-refractivity contribution in [3.8, 4) is 23.2 Å². The Kier molecular flexibility index (Phi) is 6.93. The Morgan fingerprint density at radius 2 is 2.06 bits per heavy atom. The minimum atomic E-state index is -0.544. The molecule has 34 heavy (non-hydrogen) atoms. The van der Waals surface area contributed by atoms with Crippen molar-refractivity contribution < 1.29 is 13.9 Å². The molecule has 1 aliphatic heterocycles. The Hall–Kier alpha value is -4.12. The Morgan fingerprint density at radius 3 is 2.79 bits per heavy atom. The largest absolute Gasteiger partial charge is 0.473 e. The summed E-state index contributed by atoms with van der Waals surface area (Å²) in [5.74, 6) is -0.605. The fourth-order valence-corrected chi connectivity index (χ4v) is 3.60. The second kappa shape index (κ2) is 10.2. The molecule has 2 heterocycles. The van der Waals surface area contributed by atoms with Crippen molar-refractivity contribution in [1.29, 1.82) is 5.26 Å². The van der Waals surface area contributed by atoms with Crippen molar-refractivity contribution in [1.82, 2.24) is 15.3 Å². The summed E-state index contributed by atoms with van der Waals surface area (Å²) >= 11 is 0. The average Bonchev–Trinajstić information content (AvgIpc) is 3.35. The summed E-state index contributed by atoms with van der Waals surface area (Å²) in [6.45, 7) is 4.20. The van der Waals surface area contributed by atoms with E-state index in [9.17, 15) is 14.4 Å². The highest BCUT2D eigenvalue weighted by molar-refractivity contribution is 5.97. The van der Waals surface area contributed by atoms with Crippen molar-refractivity contribution in [2.75, 3.05) is 6.54 Å². The van der Waals surface area contributed by atoms with Gasteiger partial charge in [-0.1, -0.05) is 6.08 Å². The van der Waals surface area contributed by atoms with Gasteiger partial charge in [0.2, 0.25) is 5.88 Å². The molecule has 1 amide bonds. The average molecular weight is 458 g/mol. The number of carbonyl (C=O) groups is 1. The van der Waals surface area contributed by atoms with Gasteiger partial charge in [0.25, 0.3) is 5.91 Å². The number of fused-ring (bicyclic) bond motifs is 1. The lowest BCUT2D eigenvalue weighted by Crippen LogP contribution is -2.24. The van der Waals surface area contributed by atoms with E-state index in [1.807, 2.05) is 26.0 Å². The number of rotatable bonds is 8.